The zero-order valence-electron chi connectivity index (χ0n) is 17.9. The molecule has 0 aromatic heterocycles. The zero-order valence-corrected chi connectivity index (χ0v) is 17.9. The number of ether oxygens (including phenoxy) is 1. The second kappa shape index (κ2) is 9.44. The lowest BCUT2D eigenvalue weighted by atomic mass is 10.0. The van der Waals surface area contributed by atoms with Crippen molar-refractivity contribution in [2.75, 3.05) is 14.2 Å². The van der Waals surface area contributed by atoms with Gasteiger partial charge >= 0.3 is 0 Å². The number of amides is 2. The Morgan fingerprint density at radius 2 is 1.77 bits per heavy atom. The molecule has 0 unspecified atom stereocenters. The van der Waals surface area contributed by atoms with Gasteiger partial charge in [0, 0.05) is 19.2 Å². The molecule has 2 amide bonds. The molecule has 0 radical (unpaired) electrons. The van der Waals surface area contributed by atoms with Gasteiger partial charge in [-0.25, -0.2) is 0 Å². The van der Waals surface area contributed by atoms with Gasteiger partial charge in [0.15, 0.2) is 0 Å². The summed E-state index contributed by atoms with van der Waals surface area (Å²) in [5.41, 5.74) is 2.98. The van der Waals surface area contributed by atoms with E-state index in [-0.39, 0.29) is 18.2 Å². The van der Waals surface area contributed by atoms with E-state index in [2.05, 4.69) is 5.32 Å². The monoisotopic (exact) mass is 404 g/mol. The average molecular weight is 405 g/mol. The summed E-state index contributed by atoms with van der Waals surface area (Å²) in [6.45, 7) is 4.13. The number of nitrogens with zero attached hydrogens (tertiary/aromatic N) is 1. The number of hydrogen-bond acceptors (Lipinski definition) is 3. The molecule has 0 saturated carbocycles. The number of rotatable bonds is 7. The number of hydrogen-bond donors (Lipinski definition) is 1. The highest BCUT2D eigenvalue weighted by Gasteiger charge is 2.21. The van der Waals surface area contributed by atoms with Crippen LogP contribution in [0.1, 0.15) is 23.6 Å². The molecule has 3 aromatic carbocycles. The van der Waals surface area contributed by atoms with Crippen LogP contribution < -0.4 is 10.1 Å². The Bertz CT molecular complexity index is 1060. The van der Waals surface area contributed by atoms with Crippen LogP contribution in [0.5, 0.6) is 5.75 Å². The molecule has 3 rings (SSSR count). The number of fused-ring (bicyclic) bond motifs is 1. The number of nitrogens with one attached hydrogen (secondary N) is 1. The van der Waals surface area contributed by atoms with Gasteiger partial charge < -0.3 is 15.0 Å². The topological polar surface area (TPSA) is 58.6 Å². The molecule has 0 spiro atoms. The fourth-order valence-electron chi connectivity index (χ4n) is 3.67. The van der Waals surface area contributed by atoms with Gasteiger partial charge in [-0.1, -0.05) is 60.2 Å². The number of likely N-dealkylation sites (N-methyl/N-ethyl adjacent to an activating group) is 1. The molecular weight excluding hydrogens is 376 g/mol. The SMILES string of the molecule is COc1ccc(C)cc1CN(C)C(=O)[C@@H](C)NC(=O)Cc1cccc2ccccc12. The van der Waals surface area contributed by atoms with E-state index in [0.29, 0.717) is 6.54 Å². The minimum absolute atomic E-state index is 0.148. The maximum atomic E-state index is 12.8. The van der Waals surface area contributed by atoms with Gasteiger partial charge in [0.05, 0.1) is 13.5 Å². The van der Waals surface area contributed by atoms with Crippen molar-refractivity contribution in [3.05, 3.63) is 77.4 Å². The Hall–Kier alpha value is -3.34. The van der Waals surface area contributed by atoms with Crippen molar-refractivity contribution >= 4 is 22.6 Å². The number of carbonyl (C=O) groups excluding carboxylic acids is 2. The summed E-state index contributed by atoms with van der Waals surface area (Å²) < 4.78 is 5.40. The normalized spacial score (nSPS) is 11.7. The van der Waals surface area contributed by atoms with Crippen LogP contribution in [-0.4, -0.2) is 36.9 Å². The Balaban J connectivity index is 1.63. The number of carbonyl (C=O) groups is 2. The molecular formula is C25H28N2O3. The maximum absolute atomic E-state index is 12.8. The summed E-state index contributed by atoms with van der Waals surface area (Å²) in [6, 6.07) is 19.2. The maximum Gasteiger partial charge on any atom is 0.244 e. The Kier molecular flexibility index (Phi) is 6.72. The van der Waals surface area contributed by atoms with Crippen molar-refractivity contribution in [3.63, 3.8) is 0 Å². The van der Waals surface area contributed by atoms with Crippen LogP contribution in [0.25, 0.3) is 10.8 Å². The molecule has 1 atom stereocenters. The minimum atomic E-state index is -0.617. The van der Waals surface area contributed by atoms with Crippen LogP contribution in [-0.2, 0) is 22.6 Å². The van der Waals surface area contributed by atoms with Crippen molar-refractivity contribution in [2.45, 2.75) is 32.9 Å². The van der Waals surface area contributed by atoms with Gasteiger partial charge in [-0.3, -0.25) is 9.59 Å². The largest absolute Gasteiger partial charge is 0.496 e. The zero-order chi connectivity index (χ0) is 21.7. The third-order valence-corrected chi connectivity index (χ3v) is 5.20. The summed E-state index contributed by atoms with van der Waals surface area (Å²) in [5, 5.41) is 4.99. The average Bonchev–Trinajstić information content (AvgIpc) is 2.73. The van der Waals surface area contributed by atoms with E-state index < -0.39 is 6.04 Å². The summed E-state index contributed by atoms with van der Waals surface area (Å²) in [4.78, 5) is 27.0. The van der Waals surface area contributed by atoms with Crippen LogP contribution in [0.3, 0.4) is 0 Å². The summed E-state index contributed by atoms with van der Waals surface area (Å²) in [7, 11) is 3.35. The Labute approximate surface area is 177 Å². The smallest absolute Gasteiger partial charge is 0.244 e. The van der Waals surface area contributed by atoms with Crippen LogP contribution in [0.4, 0.5) is 0 Å². The van der Waals surface area contributed by atoms with E-state index in [1.807, 2.05) is 67.6 Å². The fourth-order valence-corrected chi connectivity index (χ4v) is 3.67. The highest BCUT2D eigenvalue weighted by Crippen LogP contribution is 2.21. The van der Waals surface area contributed by atoms with Crippen LogP contribution in [0, 0.1) is 6.92 Å². The first kappa shape index (κ1) is 21.4. The highest BCUT2D eigenvalue weighted by atomic mass is 16.5. The standard InChI is InChI=1S/C25H28N2O3/c1-17-12-13-23(30-4)21(14-17)16-27(3)25(29)18(2)26-24(28)15-20-10-7-9-19-8-5-6-11-22(19)20/h5-14,18H,15-16H2,1-4H3,(H,26,28)/t18-/m1/s1. The van der Waals surface area contributed by atoms with Crippen molar-refractivity contribution in [2.24, 2.45) is 0 Å². The fraction of sp³-hybridized carbons (Fsp3) is 0.280. The Morgan fingerprint density at radius 3 is 2.53 bits per heavy atom. The van der Waals surface area contributed by atoms with Gasteiger partial charge in [-0.05, 0) is 36.2 Å². The molecule has 0 aliphatic heterocycles. The molecule has 0 fully saturated rings. The van der Waals surface area contributed by atoms with Crippen LogP contribution in [0.2, 0.25) is 0 Å². The van der Waals surface area contributed by atoms with Gasteiger partial charge in [-0.15, -0.1) is 0 Å². The lowest BCUT2D eigenvalue weighted by Crippen LogP contribution is -2.45. The first-order valence-corrected chi connectivity index (χ1v) is 10.0. The van der Waals surface area contributed by atoms with Crippen molar-refractivity contribution in [1.82, 2.24) is 10.2 Å². The van der Waals surface area contributed by atoms with E-state index in [9.17, 15) is 9.59 Å². The second-order valence-electron chi connectivity index (χ2n) is 7.61. The third-order valence-electron chi connectivity index (χ3n) is 5.20. The molecule has 3 aromatic rings. The van der Waals surface area contributed by atoms with Gasteiger partial charge in [-0.2, -0.15) is 0 Å². The molecule has 0 bridgehead atoms. The molecule has 0 aliphatic rings. The highest BCUT2D eigenvalue weighted by molar-refractivity contribution is 5.92. The van der Waals surface area contributed by atoms with Crippen LogP contribution >= 0.6 is 0 Å². The predicted octanol–water partition coefficient (Wildman–Crippen LogP) is 3.86. The molecule has 5 nitrogen and oxygen atoms in total. The van der Waals surface area contributed by atoms with Crippen LogP contribution in [0.15, 0.2) is 60.7 Å². The van der Waals surface area contributed by atoms with E-state index in [1.54, 1.807) is 26.0 Å². The number of benzene rings is 3. The van der Waals surface area contributed by atoms with E-state index in [1.165, 1.54) is 0 Å². The first-order valence-electron chi connectivity index (χ1n) is 10.0. The Morgan fingerprint density at radius 1 is 1.03 bits per heavy atom. The quantitative estimate of drug-likeness (QED) is 0.650. The van der Waals surface area contributed by atoms with Crippen molar-refractivity contribution in [1.29, 1.82) is 0 Å². The molecule has 156 valence electrons. The molecule has 0 heterocycles. The first-order chi connectivity index (χ1) is 14.4. The van der Waals surface area contributed by atoms with Gasteiger partial charge in [0.25, 0.3) is 0 Å². The summed E-state index contributed by atoms with van der Waals surface area (Å²) in [6.07, 6.45) is 0.231. The van der Waals surface area contributed by atoms with Gasteiger partial charge in [0.2, 0.25) is 11.8 Å². The number of methoxy groups -OCH3 is 1. The van der Waals surface area contributed by atoms with E-state index in [0.717, 1.165) is 33.2 Å². The minimum Gasteiger partial charge on any atom is -0.496 e. The van der Waals surface area contributed by atoms with Crippen molar-refractivity contribution in [3.8, 4) is 5.75 Å². The second-order valence-corrected chi connectivity index (χ2v) is 7.61. The summed E-state index contributed by atoms with van der Waals surface area (Å²) >= 11 is 0. The lowest BCUT2D eigenvalue weighted by Gasteiger charge is -2.23. The third kappa shape index (κ3) is 4.98. The van der Waals surface area contributed by atoms with E-state index >= 15 is 0 Å². The molecule has 30 heavy (non-hydrogen) atoms. The van der Waals surface area contributed by atoms with Gasteiger partial charge in [0.1, 0.15) is 11.8 Å². The molecule has 5 heteroatoms. The molecule has 1 N–H and O–H groups in total. The van der Waals surface area contributed by atoms with E-state index in [4.69, 9.17) is 4.74 Å². The summed E-state index contributed by atoms with van der Waals surface area (Å²) in [5.74, 6) is 0.423. The van der Waals surface area contributed by atoms with Crippen molar-refractivity contribution < 1.29 is 14.3 Å². The molecule has 0 aliphatic carbocycles. The number of aryl methyl sites for hydroxylation is 1. The predicted molar refractivity (Wildman–Crippen MR) is 119 cm³/mol. The molecule has 0 saturated heterocycles. The lowest BCUT2D eigenvalue weighted by molar-refractivity contribution is -0.135.